The van der Waals surface area contributed by atoms with Crippen LogP contribution in [0.4, 0.5) is 11.4 Å². The van der Waals surface area contributed by atoms with E-state index in [1.54, 1.807) is 11.3 Å². The number of fused-ring (bicyclic) bond motifs is 1. The Balaban J connectivity index is 2.97. The van der Waals surface area contributed by atoms with E-state index in [9.17, 15) is 0 Å². The fraction of sp³-hybridized carbons (Fsp3) is 0. The zero-order chi connectivity index (χ0) is 8.72. The third kappa shape index (κ3) is 1.06. The molecule has 2 nitrogen and oxygen atoms in total. The number of halogens is 1. The molecule has 4 N–H and O–H groups in total. The van der Waals surface area contributed by atoms with Crippen molar-refractivity contribution in [3.8, 4) is 0 Å². The first-order valence-corrected chi connectivity index (χ1v) is 5.36. The van der Waals surface area contributed by atoms with Crippen LogP contribution in [0.2, 0.25) is 0 Å². The predicted molar refractivity (Wildman–Crippen MR) is 63.4 cm³/mol. The van der Waals surface area contributed by atoms with Gasteiger partial charge in [0.15, 0.2) is 0 Å². The summed E-state index contributed by atoms with van der Waals surface area (Å²) in [6.45, 7) is 0. The number of nitrogens with two attached hydrogens (primary N) is 2. The minimum atomic E-state index is 0.675. The van der Waals surface area contributed by atoms with Crippen molar-refractivity contribution < 1.29 is 0 Å². The Hall–Kier alpha value is -0.490. The van der Waals surface area contributed by atoms with Gasteiger partial charge >= 0.3 is 0 Å². The van der Waals surface area contributed by atoms with E-state index in [1.807, 2.05) is 11.4 Å². The molecule has 0 bridgehead atoms. The average molecular weight is 290 g/mol. The van der Waals surface area contributed by atoms with Gasteiger partial charge in [0.25, 0.3) is 0 Å². The van der Waals surface area contributed by atoms with Crippen molar-refractivity contribution >= 4 is 55.4 Å². The molecule has 12 heavy (non-hydrogen) atoms. The average Bonchev–Trinajstić information content (AvgIpc) is 2.48. The lowest BCUT2D eigenvalue weighted by molar-refractivity contribution is 1.72. The molecule has 0 aliphatic heterocycles. The first-order chi connectivity index (χ1) is 5.70. The molecule has 1 aromatic heterocycles. The van der Waals surface area contributed by atoms with Gasteiger partial charge in [-0.2, -0.15) is 0 Å². The van der Waals surface area contributed by atoms with Crippen molar-refractivity contribution in [2.24, 2.45) is 0 Å². The zero-order valence-corrected chi connectivity index (χ0v) is 9.15. The summed E-state index contributed by atoms with van der Waals surface area (Å²) in [4.78, 5) is 0. The summed E-state index contributed by atoms with van der Waals surface area (Å²) in [5.41, 5.74) is 12.9. The topological polar surface area (TPSA) is 52.0 Å². The number of rotatable bonds is 0. The molecular weight excluding hydrogens is 283 g/mol. The predicted octanol–water partition coefficient (Wildman–Crippen LogP) is 2.67. The van der Waals surface area contributed by atoms with E-state index >= 15 is 0 Å². The van der Waals surface area contributed by atoms with Crippen LogP contribution in [0, 0.1) is 3.57 Å². The fourth-order valence-electron chi connectivity index (χ4n) is 1.13. The smallest absolute Gasteiger partial charge is 0.0729 e. The third-order valence-corrected chi connectivity index (χ3v) is 3.60. The lowest BCUT2D eigenvalue weighted by atomic mass is 10.2. The zero-order valence-electron chi connectivity index (χ0n) is 6.17. The second-order valence-corrected chi connectivity index (χ2v) is 4.60. The molecule has 2 aromatic rings. The van der Waals surface area contributed by atoms with Crippen LogP contribution in [0.15, 0.2) is 17.5 Å². The molecule has 0 saturated heterocycles. The molecule has 1 heterocycles. The highest BCUT2D eigenvalue weighted by molar-refractivity contribution is 14.1. The van der Waals surface area contributed by atoms with Crippen molar-refractivity contribution in [3.05, 3.63) is 21.1 Å². The van der Waals surface area contributed by atoms with Crippen LogP contribution in [0.25, 0.3) is 10.1 Å². The van der Waals surface area contributed by atoms with Crippen molar-refractivity contribution in [1.82, 2.24) is 0 Å². The Kier molecular flexibility index (Phi) is 1.88. The maximum absolute atomic E-state index is 5.81. The van der Waals surface area contributed by atoms with Gasteiger partial charge in [0.05, 0.1) is 16.1 Å². The molecule has 0 atom stereocenters. The van der Waals surface area contributed by atoms with E-state index in [4.69, 9.17) is 11.5 Å². The maximum atomic E-state index is 5.81. The molecule has 0 saturated carbocycles. The molecule has 1 aromatic carbocycles. The van der Waals surface area contributed by atoms with Crippen LogP contribution < -0.4 is 11.5 Å². The second-order valence-electron chi connectivity index (χ2n) is 2.52. The van der Waals surface area contributed by atoms with E-state index in [2.05, 4.69) is 28.7 Å². The van der Waals surface area contributed by atoms with Gasteiger partial charge in [-0.15, -0.1) is 11.3 Å². The molecule has 0 unspecified atom stereocenters. The highest BCUT2D eigenvalue weighted by Gasteiger charge is 2.06. The number of hydrogen-bond acceptors (Lipinski definition) is 3. The summed E-state index contributed by atoms with van der Waals surface area (Å²) in [6, 6.07) is 3.97. The number of benzene rings is 1. The molecule has 0 aliphatic rings. The Bertz CT molecular complexity index is 436. The van der Waals surface area contributed by atoms with Crippen molar-refractivity contribution in [3.63, 3.8) is 0 Å². The standard InChI is InChI=1S/C8H7IN2S/c9-5-3-6(10)7(11)8-4(5)1-2-12-8/h1-3H,10-11H2. The number of hydrogen-bond donors (Lipinski definition) is 2. The highest BCUT2D eigenvalue weighted by atomic mass is 127. The quantitative estimate of drug-likeness (QED) is 0.579. The van der Waals surface area contributed by atoms with Crippen LogP contribution >= 0.6 is 33.9 Å². The minimum absolute atomic E-state index is 0.675. The number of nitrogen functional groups attached to an aromatic ring is 2. The Morgan fingerprint density at radius 1 is 1.33 bits per heavy atom. The van der Waals surface area contributed by atoms with Crippen molar-refractivity contribution in [2.75, 3.05) is 11.5 Å². The Labute approximate surface area is 87.7 Å². The van der Waals surface area contributed by atoms with Crippen LogP contribution in [0.5, 0.6) is 0 Å². The summed E-state index contributed by atoms with van der Waals surface area (Å²) < 4.78 is 2.26. The number of thiophene rings is 1. The second kappa shape index (κ2) is 2.77. The van der Waals surface area contributed by atoms with Gasteiger partial charge in [0.1, 0.15) is 0 Å². The lowest BCUT2D eigenvalue weighted by Gasteiger charge is -2.02. The first-order valence-electron chi connectivity index (χ1n) is 3.41. The maximum Gasteiger partial charge on any atom is 0.0729 e. The van der Waals surface area contributed by atoms with E-state index < -0.39 is 0 Å². The third-order valence-electron chi connectivity index (χ3n) is 1.76. The van der Waals surface area contributed by atoms with Crippen molar-refractivity contribution in [2.45, 2.75) is 0 Å². The summed E-state index contributed by atoms with van der Waals surface area (Å²) >= 11 is 3.90. The van der Waals surface area contributed by atoms with Gasteiger partial charge in [-0.3, -0.25) is 0 Å². The molecule has 4 heteroatoms. The molecule has 0 aliphatic carbocycles. The lowest BCUT2D eigenvalue weighted by Crippen LogP contribution is -1.94. The van der Waals surface area contributed by atoms with Crippen molar-refractivity contribution in [1.29, 1.82) is 0 Å². The fourth-order valence-corrected chi connectivity index (χ4v) is 2.99. The highest BCUT2D eigenvalue weighted by Crippen LogP contribution is 2.34. The molecule has 0 spiro atoms. The van der Waals surface area contributed by atoms with Gasteiger partial charge in [-0.05, 0) is 40.1 Å². The SMILES string of the molecule is Nc1cc(I)c2ccsc2c1N. The van der Waals surface area contributed by atoms with Gasteiger partial charge in [-0.25, -0.2) is 0 Å². The summed E-state index contributed by atoms with van der Waals surface area (Å²) in [7, 11) is 0. The van der Waals surface area contributed by atoms with E-state index in [0.717, 1.165) is 8.27 Å². The largest absolute Gasteiger partial charge is 0.397 e. The molecule has 62 valence electrons. The number of anilines is 2. The van der Waals surface area contributed by atoms with Gasteiger partial charge in [0.2, 0.25) is 0 Å². The van der Waals surface area contributed by atoms with E-state index in [0.29, 0.717) is 11.4 Å². The van der Waals surface area contributed by atoms with Crippen LogP contribution in [-0.4, -0.2) is 0 Å². The van der Waals surface area contributed by atoms with Crippen LogP contribution in [-0.2, 0) is 0 Å². The Morgan fingerprint density at radius 2 is 2.08 bits per heavy atom. The van der Waals surface area contributed by atoms with E-state index in [-0.39, 0.29) is 0 Å². The van der Waals surface area contributed by atoms with Crippen LogP contribution in [0.3, 0.4) is 0 Å². The molecule has 0 fully saturated rings. The van der Waals surface area contributed by atoms with Crippen LogP contribution in [0.1, 0.15) is 0 Å². The molecule has 0 amide bonds. The van der Waals surface area contributed by atoms with Gasteiger partial charge < -0.3 is 11.5 Å². The normalized spacial score (nSPS) is 10.8. The van der Waals surface area contributed by atoms with Gasteiger partial charge in [-0.1, -0.05) is 0 Å². The van der Waals surface area contributed by atoms with Gasteiger partial charge in [0, 0.05) is 8.96 Å². The molecule has 2 rings (SSSR count). The Morgan fingerprint density at radius 3 is 2.83 bits per heavy atom. The molecular formula is C8H7IN2S. The minimum Gasteiger partial charge on any atom is -0.397 e. The summed E-state index contributed by atoms with van der Waals surface area (Å²) in [5, 5.41) is 3.23. The summed E-state index contributed by atoms with van der Waals surface area (Å²) in [5.74, 6) is 0. The first kappa shape index (κ1) is 8.12. The van der Waals surface area contributed by atoms with E-state index in [1.165, 1.54) is 5.39 Å². The summed E-state index contributed by atoms with van der Waals surface area (Å²) in [6.07, 6.45) is 0. The monoisotopic (exact) mass is 290 g/mol. The molecule has 0 radical (unpaired) electrons.